The SMILES string of the molecule is CC(C)(C)NC(=O)CNC(=O)/C=C/c1cccc([N+](=O)[O-])c1. The number of nitrogens with one attached hydrogen (secondary N) is 2. The molecular weight excluding hydrogens is 286 g/mol. The summed E-state index contributed by atoms with van der Waals surface area (Å²) in [7, 11) is 0. The lowest BCUT2D eigenvalue weighted by atomic mass is 10.1. The van der Waals surface area contributed by atoms with Crippen molar-refractivity contribution in [1.82, 2.24) is 10.6 Å². The second-order valence-electron chi connectivity index (χ2n) is 5.70. The summed E-state index contributed by atoms with van der Waals surface area (Å²) in [6.07, 6.45) is 2.67. The largest absolute Gasteiger partial charge is 0.350 e. The molecule has 2 amide bonds. The van der Waals surface area contributed by atoms with Crippen molar-refractivity contribution in [3.05, 3.63) is 46.0 Å². The zero-order valence-electron chi connectivity index (χ0n) is 12.8. The van der Waals surface area contributed by atoms with Crippen molar-refractivity contribution < 1.29 is 14.5 Å². The average Bonchev–Trinajstić information content (AvgIpc) is 2.41. The molecule has 7 heteroatoms. The Hall–Kier alpha value is -2.70. The van der Waals surface area contributed by atoms with Crippen LogP contribution in [0.4, 0.5) is 5.69 Å². The van der Waals surface area contributed by atoms with Gasteiger partial charge in [-0.2, -0.15) is 0 Å². The Bertz CT molecular complexity index is 603. The lowest BCUT2D eigenvalue weighted by molar-refractivity contribution is -0.384. The van der Waals surface area contributed by atoms with Gasteiger partial charge in [0.25, 0.3) is 5.69 Å². The van der Waals surface area contributed by atoms with Crippen molar-refractivity contribution in [2.45, 2.75) is 26.3 Å². The van der Waals surface area contributed by atoms with Crippen molar-refractivity contribution in [1.29, 1.82) is 0 Å². The highest BCUT2D eigenvalue weighted by Gasteiger charge is 2.13. The number of nitrogens with zero attached hydrogens (tertiary/aromatic N) is 1. The number of carbonyl (C=O) groups is 2. The van der Waals surface area contributed by atoms with Crippen LogP contribution in [0.25, 0.3) is 6.08 Å². The first-order valence-electron chi connectivity index (χ1n) is 6.69. The van der Waals surface area contributed by atoms with Crippen LogP contribution in [0.15, 0.2) is 30.3 Å². The van der Waals surface area contributed by atoms with Gasteiger partial charge < -0.3 is 10.6 Å². The molecule has 118 valence electrons. The number of carbonyl (C=O) groups excluding carboxylic acids is 2. The number of hydrogen-bond donors (Lipinski definition) is 2. The Morgan fingerprint density at radius 3 is 2.59 bits per heavy atom. The smallest absolute Gasteiger partial charge is 0.270 e. The van der Waals surface area contributed by atoms with Crippen LogP contribution in [-0.2, 0) is 9.59 Å². The fourth-order valence-electron chi connectivity index (χ4n) is 1.60. The lowest BCUT2D eigenvalue weighted by Crippen LogP contribution is -2.45. The van der Waals surface area contributed by atoms with Crippen molar-refractivity contribution in [3.63, 3.8) is 0 Å². The highest BCUT2D eigenvalue weighted by molar-refractivity contribution is 5.94. The van der Waals surface area contributed by atoms with Gasteiger partial charge in [-0.3, -0.25) is 19.7 Å². The molecule has 0 spiro atoms. The van der Waals surface area contributed by atoms with E-state index in [0.29, 0.717) is 5.56 Å². The Morgan fingerprint density at radius 1 is 1.32 bits per heavy atom. The molecule has 0 atom stereocenters. The van der Waals surface area contributed by atoms with Gasteiger partial charge in [-0.05, 0) is 32.4 Å². The maximum Gasteiger partial charge on any atom is 0.270 e. The maximum absolute atomic E-state index is 11.6. The van der Waals surface area contributed by atoms with Crippen molar-refractivity contribution in [3.8, 4) is 0 Å². The molecule has 1 aromatic carbocycles. The van der Waals surface area contributed by atoms with Crippen LogP contribution in [0.1, 0.15) is 26.3 Å². The molecule has 0 fully saturated rings. The number of nitro groups is 1. The van der Waals surface area contributed by atoms with Gasteiger partial charge >= 0.3 is 0 Å². The first-order valence-corrected chi connectivity index (χ1v) is 6.69. The van der Waals surface area contributed by atoms with Gasteiger partial charge in [0.05, 0.1) is 11.5 Å². The molecule has 0 radical (unpaired) electrons. The number of amides is 2. The van der Waals surface area contributed by atoms with Gasteiger partial charge in [-0.15, -0.1) is 0 Å². The minimum absolute atomic E-state index is 0.0490. The second-order valence-corrected chi connectivity index (χ2v) is 5.70. The summed E-state index contributed by atoms with van der Waals surface area (Å²) in [6.45, 7) is 5.40. The number of benzene rings is 1. The summed E-state index contributed by atoms with van der Waals surface area (Å²) < 4.78 is 0. The van der Waals surface area contributed by atoms with Crippen LogP contribution >= 0.6 is 0 Å². The van der Waals surface area contributed by atoms with Crippen LogP contribution in [0.2, 0.25) is 0 Å². The molecule has 7 nitrogen and oxygen atoms in total. The van der Waals surface area contributed by atoms with Crippen LogP contribution in [0.3, 0.4) is 0 Å². The summed E-state index contributed by atoms with van der Waals surface area (Å²) in [5.41, 5.74) is 0.122. The van der Waals surface area contributed by atoms with Crippen molar-refractivity contribution in [2.24, 2.45) is 0 Å². The fourth-order valence-corrected chi connectivity index (χ4v) is 1.60. The van der Waals surface area contributed by atoms with Gasteiger partial charge in [0.2, 0.25) is 11.8 Å². The molecule has 0 heterocycles. The first kappa shape index (κ1) is 17.4. The molecule has 0 unspecified atom stereocenters. The third kappa shape index (κ3) is 6.65. The van der Waals surface area contributed by atoms with Crippen LogP contribution in [-0.4, -0.2) is 28.8 Å². The van der Waals surface area contributed by atoms with Gasteiger partial charge in [0.1, 0.15) is 0 Å². The van der Waals surface area contributed by atoms with Crippen LogP contribution < -0.4 is 10.6 Å². The quantitative estimate of drug-likeness (QED) is 0.490. The third-order valence-corrected chi connectivity index (χ3v) is 2.45. The van der Waals surface area contributed by atoms with E-state index in [4.69, 9.17) is 0 Å². The Labute approximate surface area is 128 Å². The highest BCUT2D eigenvalue weighted by Crippen LogP contribution is 2.13. The molecule has 0 bridgehead atoms. The zero-order chi connectivity index (χ0) is 16.8. The topological polar surface area (TPSA) is 101 Å². The van der Waals surface area contributed by atoms with Crippen LogP contribution in [0, 0.1) is 10.1 Å². The standard InChI is InChI=1S/C15H19N3O4/c1-15(2,3)17-14(20)10-16-13(19)8-7-11-5-4-6-12(9-11)18(21)22/h4-9H,10H2,1-3H3,(H,16,19)(H,17,20)/b8-7+. The van der Waals surface area contributed by atoms with E-state index in [-0.39, 0.29) is 23.7 Å². The lowest BCUT2D eigenvalue weighted by Gasteiger charge is -2.20. The number of nitro benzene ring substituents is 1. The molecule has 0 aromatic heterocycles. The molecule has 22 heavy (non-hydrogen) atoms. The van der Waals surface area contributed by atoms with Gasteiger partial charge in [-0.1, -0.05) is 12.1 Å². The predicted molar refractivity (Wildman–Crippen MR) is 83.0 cm³/mol. The highest BCUT2D eigenvalue weighted by atomic mass is 16.6. The van der Waals surface area contributed by atoms with E-state index in [1.165, 1.54) is 30.4 Å². The minimum atomic E-state index is -0.506. The van der Waals surface area contributed by atoms with E-state index in [0.717, 1.165) is 0 Å². The van der Waals surface area contributed by atoms with Gasteiger partial charge in [0.15, 0.2) is 0 Å². The normalized spacial score (nSPS) is 11.2. The average molecular weight is 305 g/mol. The summed E-state index contributed by atoms with van der Waals surface area (Å²) in [6, 6.07) is 5.90. The van der Waals surface area contributed by atoms with E-state index in [2.05, 4.69) is 10.6 Å². The number of rotatable bonds is 5. The van der Waals surface area contributed by atoms with E-state index in [1.54, 1.807) is 6.07 Å². The molecule has 2 N–H and O–H groups in total. The first-order chi connectivity index (χ1) is 10.2. The zero-order valence-corrected chi connectivity index (χ0v) is 12.8. The second kappa shape index (κ2) is 7.35. The number of hydrogen-bond acceptors (Lipinski definition) is 4. The molecule has 0 saturated heterocycles. The van der Waals surface area contributed by atoms with E-state index in [1.807, 2.05) is 20.8 Å². The molecule has 0 aliphatic rings. The predicted octanol–water partition coefficient (Wildman–Crippen LogP) is 1.64. The summed E-state index contributed by atoms with van der Waals surface area (Å²) in [4.78, 5) is 33.3. The molecular formula is C15H19N3O4. The molecule has 0 aliphatic heterocycles. The maximum atomic E-state index is 11.6. The molecule has 1 aromatic rings. The third-order valence-electron chi connectivity index (χ3n) is 2.45. The molecule has 1 rings (SSSR count). The monoisotopic (exact) mass is 305 g/mol. The molecule has 0 saturated carbocycles. The van der Waals surface area contributed by atoms with Gasteiger partial charge in [-0.25, -0.2) is 0 Å². The summed E-state index contributed by atoms with van der Waals surface area (Å²) >= 11 is 0. The van der Waals surface area contributed by atoms with Crippen LogP contribution in [0.5, 0.6) is 0 Å². The van der Waals surface area contributed by atoms with E-state index >= 15 is 0 Å². The Balaban J connectivity index is 2.53. The minimum Gasteiger partial charge on any atom is -0.350 e. The van der Waals surface area contributed by atoms with Crippen molar-refractivity contribution >= 4 is 23.6 Å². The summed E-state index contributed by atoms with van der Waals surface area (Å²) in [5.74, 6) is -0.736. The fraction of sp³-hybridized carbons (Fsp3) is 0.333. The Kier molecular flexibility index (Phi) is 5.80. The molecule has 0 aliphatic carbocycles. The van der Waals surface area contributed by atoms with E-state index in [9.17, 15) is 19.7 Å². The Morgan fingerprint density at radius 2 is 2.00 bits per heavy atom. The summed E-state index contributed by atoms with van der Waals surface area (Å²) in [5, 5.41) is 15.8. The van der Waals surface area contributed by atoms with E-state index < -0.39 is 10.8 Å². The number of non-ortho nitro benzene ring substituents is 1. The van der Waals surface area contributed by atoms with Gasteiger partial charge in [0, 0.05) is 23.7 Å². The van der Waals surface area contributed by atoms with Crippen molar-refractivity contribution in [2.75, 3.05) is 6.54 Å².